The Morgan fingerprint density at radius 3 is 2.42 bits per heavy atom. The molecule has 3 unspecified atom stereocenters. The van der Waals surface area contributed by atoms with Crippen molar-refractivity contribution in [3.05, 3.63) is 29.8 Å². The third-order valence-corrected chi connectivity index (χ3v) is 8.22. The van der Waals surface area contributed by atoms with Crippen LogP contribution in [0.25, 0.3) is 0 Å². The summed E-state index contributed by atoms with van der Waals surface area (Å²) in [5.41, 5.74) is 7.06. The molecule has 2 aliphatic carbocycles. The molecular formula is C19H27ClN2O3S. The summed E-state index contributed by atoms with van der Waals surface area (Å²) in [6, 6.07) is 7.09. The van der Waals surface area contributed by atoms with Crippen molar-refractivity contribution in [2.45, 2.75) is 55.5 Å². The molecule has 1 heterocycles. The van der Waals surface area contributed by atoms with E-state index >= 15 is 0 Å². The minimum Gasteiger partial charge on any atom is -0.349 e. The Labute approximate surface area is 161 Å². The van der Waals surface area contributed by atoms with Gasteiger partial charge in [-0.1, -0.05) is 24.6 Å². The summed E-state index contributed by atoms with van der Waals surface area (Å²) in [6.45, 7) is 0. The Balaban J connectivity index is 0.00000196. The van der Waals surface area contributed by atoms with Gasteiger partial charge >= 0.3 is 0 Å². The van der Waals surface area contributed by atoms with E-state index in [9.17, 15) is 13.2 Å². The zero-order valence-corrected chi connectivity index (χ0v) is 16.4. The van der Waals surface area contributed by atoms with Crippen LogP contribution >= 0.6 is 12.4 Å². The standard InChI is InChI=1S/C19H26N2O3S.ClH/c20-18-12-4-3-5-13(18)11-14(10-12)19(22)21-16-8-9-25(23,24)17-7-2-1-6-15(16)17;/h1-2,6-7,12-14,16,18H,3-5,8-11,20H2,(H,21,22);1H. The molecule has 26 heavy (non-hydrogen) atoms. The van der Waals surface area contributed by atoms with Crippen molar-refractivity contribution >= 4 is 28.2 Å². The minimum absolute atomic E-state index is 0. The number of nitrogens with one attached hydrogen (secondary N) is 1. The molecule has 1 aromatic rings. The highest BCUT2D eigenvalue weighted by Gasteiger charge is 2.41. The SMILES string of the molecule is Cl.NC1C2CCCC1CC(C(=O)NC1CCS(=O)(=O)c3ccccc31)C2. The first-order valence-corrected chi connectivity index (χ1v) is 11.0. The number of sulfone groups is 1. The predicted molar refractivity (Wildman–Crippen MR) is 103 cm³/mol. The lowest BCUT2D eigenvalue weighted by Crippen LogP contribution is -2.49. The number of benzene rings is 1. The number of hydrogen-bond acceptors (Lipinski definition) is 4. The van der Waals surface area contributed by atoms with Gasteiger partial charge in [-0.15, -0.1) is 12.4 Å². The van der Waals surface area contributed by atoms with Crippen LogP contribution in [0.2, 0.25) is 0 Å². The second kappa shape index (κ2) is 7.49. The molecule has 1 aliphatic heterocycles. The van der Waals surface area contributed by atoms with E-state index in [1.54, 1.807) is 12.1 Å². The fraction of sp³-hybridized carbons (Fsp3) is 0.632. The van der Waals surface area contributed by atoms with Crippen molar-refractivity contribution in [2.75, 3.05) is 5.75 Å². The van der Waals surface area contributed by atoms with Crippen molar-refractivity contribution < 1.29 is 13.2 Å². The maximum atomic E-state index is 12.9. The maximum absolute atomic E-state index is 12.9. The predicted octanol–water partition coefficient (Wildman–Crippen LogP) is 2.60. The number of amides is 1. The van der Waals surface area contributed by atoms with Gasteiger partial charge < -0.3 is 11.1 Å². The Kier molecular flexibility index (Phi) is 5.66. The lowest BCUT2D eigenvalue weighted by atomic mass is 9.65. The molecule has 2 fully saturated rings. The van der Waals surface area contributed by atoms with Gasteiger partial charge in [-0.2, -0.15) is 0 Å². The fourth-order valence-electron chi connectivity index (χ4n) is 5.03. The Morgan fingerprint density at radius 2 is 1.73 bits per heavy atom. The molecule has 2 saturated carbocycles. The molecule has 0 radical (unpaired) electrons. The Bertz CT molecular complexity index is 769. The Hall–Kier alpha value is -1.11. The van der Waals surface area contributed by atoms with Crippen LogP contribution in [-0.2, 0) is 14.6 Å². The van der Waals surface area contributed by atoms with Gasteiger partial charge in [-0.25, -0.2) is 8.42 Å². The van der Waals surface area contributed by atoms with Gasteiger partial charge in [0.05, 0.1) is 16.7 Å². The number of carbonyl (C=O) groups excluding carboxylic acids is 1. The third kappa shape index (κ3) is 3.51. The maximum Gasteiger partial charge on any atom is 0.223 e. The summed E-state index contributed by atoms with van der Waals surface area (Å²) in [7, 11) is -3.22. The van der Waals surface area contributed by atoms with E-state index in [-0.39, 0.29) is 42.1 Å². The van der Waals surface area contributed by atoms with Crippen molar-refractivity contribution in [2.24, 2.45) is 23.5 Å². The third-order valence-electron chi connectivity index (χ3n) is 6.41. The van der Waals surface area contributed by atoms with E-state index in [0.29, 0.717) is 23.2 Å². The van der Waals surface area contributed by atoms with Crippen LogP contribution in [0.4, 0.5) is 0 Å². The van der Waals surface area contributed by atoms with Crippen LogP contribution < -0.4 is 11.1 Å². The van der Waals surface area contributed by atoms with Crippen LogP contribution in [0.3, 0.4) is 0 Å². The largest absolute Gasteiger partial charge is 0.349 e. The molecule has 4 rings (SSSR count). The zero-order chi connectivity index (χ0) is 17.6. The summed E-state index contributed by atoms with van der Waals surface area (Å²) in [5, 5.41) is 3.14. The van der Waals surface area contributed by atoms with Crippen LogP contribution in [0.15, 0.2) is 29.2 Å². The van der Waals surface area contributed by atoms with Gasteiger partial charge in [0, 0.05) is 12.0 Å². The van der Waals surface area contributed by atoms with E-state index in [2.05, 4.69) is 5.32 Å². The molecule has 0 spiro atoms. The number of carbonyl (C=O) groups is 1. The lowest BCUT2D eigenvalue weighted by molar-refractivity contribution is -0.128. The molecular weight excluding hydrogens is 372 g/mol. The number of halogens is 1. The average Bonchev–Trinajstić information content (AvgIpc) is 2.57. The molecule has 144 valence electrons. The topological polar surface area (TPSA) is 89.3 Å². The summed E-state index contributed by atoms with van der Waals surface area (Å²) < 4.78 is 24.5. The van der Waals surface area contributed by atoms with E-state index in [1.807, 2.05) is 12.1 Å². The van der Waals surface area contributed by atoms with Gasteiger partial charge in [0.15, 0.2) is 9.84 Å². The van der Waals surface area contributed by atoms with E-state index in [0.717, 1.165) is 31.2 Å². The highest BCUT2D eigenvalue weighted by Crippen LogP contribution is 2.42. The molecule has 2 bridgehead atoms. The second-order valence-corrected chi connectivity index (χ2v) is 9.98. The number of hydrogen-bond donors (Lipinski definition) is 2. The van der Waals surface area contributed by atoms with E-state index in [1.165, 1.54) is 6.42 Å². The second-order valence-electron chi connectivity index (χ2n) is 7.90. The molecule has 1 aromatic carbocycles. The average molecular weight is 399 g/mol. The van der Waals surface area contributed by atoms with Crippen LogP contribution in [0.1, 0.15) is 50.1 Å². The number of nitrogens with two attached hydrogens (primary N) is 1. The minimum atomic E-state index is -3.22. The normalized spacial score (nSPS) is 34.9. The monoisotopic (exact) mass is 398 g/mol. The molecule has 1 amide bonds. The van der Waals surface area contributed by atoms with Gasteiger partial charge in [0.25, 0.3) is 0 Å². The van der Waals surface area contributed by atoms with E-state index in [4.69, 9.17) is 5.73 Å². The van der Waals surface area contributed by atoms with Gasteiger partial charge in [0.2, 0.25) is 5.91 Å². The summed E-state index contributed by atoms with van der Waals surface area (Å²) in [4.78, 5) is 13.2. The van der Waals surface area contributed by atoms with E-state index < -0.39 is 9.84 Å². The smallest absolute Gasteiger partial charge is 0.223 e. The molecule has 0 saturated heterocycles. The molecule has 3 N–H and O–H groups in total. The summed E-state index contributed by atoms with van der Waals surface area (Å²) in [6.07, 6.45) is 5.68. The summed E-state index contributed by atoms with van der Waals surface area (Å²) >= 11 is 0. The quantitative estimate of drug-likeness (QED) is 0.801. The number of fused-ring (bicyclic) bond motifs is 3. The first-order valence-electron chi connectivity index (χ1n) is 9.33. The molecule has 7 heteroatoms. The molecule has 5 nitrogen and oxygen atoms in total. The number of rotatable bonds is 2. The van der Waals surface area contributed by atoms with Gasteiger partial charge in [-0.3, -0.25) is 4.79 Å². The summed E-state index contributed by atoms with van der Waals surface area (Å²) in [5.74, 6) is 1.10. The highest BCUT2D eigenvalue weighted by molar-refractivity contribution is 7.91. The van der Waals surface area contributed by atoms with Crippen molar-refractivity contribution in [1.82, 2.24) is 5.32 Å². The van der Waals surface area contributed by atoms with Crippen molar-refractivity contribution in [3.8, 4) is 0 Å². The highest BCUT2D eigenvalue weighted by atomic mass is 35.5. The van der Waals surface area contributed by atoms with Gasteiger partial charge in [-0.05, 0) is 55.6 Å². The molecule has 3 aliphatic rings. The van der Waals surface area contributed by atoms with Crippen molar-refractivity contribution in [1.29, 1.82) is 0 Å². The zero-order valence-electron chi connectivity index (χ0n) is 14.8. The van der Waals surface area contributed by atoms with Crippen LogP contribution in [0, 0.1) is 17.8 Å². The molecule has 0 aromatic heterocycles. The first kappa shape index (κ1) is 19.6. The fourth-order valence-corrected chi connectivity index (χ4v) is 6.65. The lowest BCUT2D eigenvalue weighted by Gasteiger charge is -2.43. The van der Waals surface area contributed by atoms with Crippen LogP contribution in [-0.4, -0.2) is 26.1 Å². The Morgan fingerprint density at radius 1 is 1.08 bits per heavy atom. The van der Waals surface area contributed by atoms with Crippen molar-refractivity contribution in [3.63, 3.8) is 0 Å². The first-order chi connectivity index (χ1) is 12.0. The molecule has 3 atom stereocenters. The van der Waals surface area contributed by atoms with Crippen LogP contribution in [0.5, 0.6) is 0 Å². The van der Waals surface area contributed by atoms with Gasteiger partial charge in [0.1, 0.15) is 0 Å².